The molecule has 0 aliphatic heterocycles. The minimum Gasteiger partial charge on any atom is -0.373 e. The van der Waals surface area contributed by atoms with Crippen LogP contribution in [0.5, 0.6) is 0 Å². The molecule has 1 unspecified atom stereocenters. The summed E-state index contributed by atoms with van der Waals surface area (Å²) < 4.78 is 5.55. The van der Waals surface area contributed by atoms with Crippen molar-refractivity contribution < 1.29 is 9.53 Å². The van der Waals surface area contributed by atoms with E-state index < -0.39 is 0 Å². The summed E-state index contributed by atoms with van der Waals surface area (Å²) in [6, 6.07) is 6.07. The number of aryl methyl sites for hydroxylation is 2. The lowest BCUT2D eigenvalue weighted by Crippen LogP contribution is -2.33. The van der Waals surface area contributed by atoms with Crippen molar-refractivity contribution in [2.24, 2.45) is 5.92 Å². The fraction of sp³-hybridized carbons (Fsp3) is 0.588. The van der Waals surface area contributed by atoms with Gasteiger partial charge in [-0.25, -0.2) is 0 Å². The monoisotopic (exact) mass is 260 g/mol. The number of carbonyl (C=O) groups excluding carboxylic acids is 1. The van der Waals surface area contributed by atoms with Crippen LogP contribution < -0.4 is 0 Å². The molecule has 0 saturated heterocycles. The van der Waals surface area contributed by atoms with Crippen LogP contribution in [0.4, 0.5) is 0 Å². The average Bonchev–Trinajstić information content (AvgIpc) is 2.43. The Morgan fingerprint density at radius 1 is 1.21 bits per heavy atom. The zero-order chi connectivity index (χ0) is 13.8. The highest BCUT2D eigenvalue weighted by molar-refractivity contribution is 6.01. The van der Waals surface area contributed by atoms with E-state index in [9.17, 15) is 4.79 Å². The van der Waals surface area contributed by atoms with E-state index in [1.165, 1.54) is 19.3 Å². The molecule has 1 atom stereocenters. The number of rotatable bonds is 4. The maximum absolute atomic E-state index is 12.7. The van der Waals surface area contributed by atoms with E-state index >= 15 is 0 Å². The van der Waals surface area contributed by atoms with Gasteiger partial charge in [-0.05, 0) is 44.2 Å². The summed E-state index contributed by atoms with van der Waals surface area (Å²) in [7, 11) is 1.67. The van der Waals surface area contributed by atoms with Crippen LogP contribution in [0, 0.1) is 19.8 Å². The third-order valence-electron chi connectivity index (χ3n) is 4.25. The molecular weight excluding hydrogens is 236 g/mol. The normalized spacial score (nSPS) is 18.3. The lowest BCUT2D eigenvalue weighted by Gasteiger charge is -2.28. The number of ether oxygens (including phenoxy) is 1. The quantitative estimate of drug-likeness (QED) is 0.762. The molecule has 0 heterocycles. The number of carbonyl (C=O) groups is 1. The van der Waals surface area contributed by atoms with Gasteiger partial charge in [-0.2, -0.15) is 0 Å². The first kappa shape index (κ1) is 14.3. The molecule has 1 aliphatic carbocycles. The van der Waals surface area contributed by atoms with Crippen LogP contribution in [0.2, 0.25) is 0 Å². The molecule has 0 amide bonds. The number of hydrogen-bond donors (Lipinski definition) is 0. The van der Waals surface area contributed by atoms with Gasteiger partial charge in [0.05, 0.1) is 0 Å². The van der Waals surface area contributed by atoms with E-state index in [0.717, 1.165) is 29.5 Å². The van der Waals surface area contributed by atoms with Gasteiger partial charge in [0.25, 0.3) is 0 Å². The SMILES string of the molecule is COC(C(=O)c1cc(C)ccc1C)C1CCCCC1. The molecule has 1 saturated carbocycles. The van der Waals surface area contributed by atoms with Crippen molar-refractivity contribution in [2.75, 3.05) is 7.11 Å². The second kappa shape index (κ2) is 6.33. The van der Waals surface area contributed by atoms with Gasteiger partial charge >= 0.3 is 0 Å². The van der Waals surface area contributed by atoms with Crippen LogP contribution in [-0.2, 0) is 4.74 Å². The maximum atomic E-state index is 12.7. The van der Waals surface area contributed by atoms with Gasteiger partial charge in [-0.15, -0.1) is 0 Å². The molecule has 1 aliphatic rings. The summed E-state index contributed by atoms with van der Waals surface area (Å²) in [6.45, 7) is 4.03. The maximum Gasteiger partial charge on any atom is 0.192 e. The van der Waals surface area contributed by atoms with Crippen LogP contribution in [0.1, 0.15) is 53.6 Å². The van der Waals surface area contributed by atoms with Crippen molar-refractivity contribution in [1.29, 1.82) is 0 Å². The van der Waals surface area contributed by atoms with Crippen molar-refractivity contribution >= 4 is 5.78 Å². The Bertz CT molecular complexity index is 445. The lowest BCUT2D eigenvalue weighted by atomic mass is 9.82. The Kier molecular flexibility index (Phi) is 4.76. The molecule has 19 heavy (non-hydrogen) atoms. The Labute approximate surface area is 116 Å². The third kappa shape index (κ3) is 3.24. The number of methoxy groups -OCH3 is 1. The molecule has 0 radical (unpaired) electrons. The number of hydrogen-bond acceptors (Lipinski definition) is 2. The van der Waals surface area contributed by atoms with Crippen molar-refractivity contribution in [1.82, 2.24) is 0 Å². The Morgan fingerprint density at radius 2 is 1.89 bits per heavy atom. The molecule has 0 spiro atoms. The second-order valence-corrected chi connectivity index (χ2v) is 5.74. The molecular formula is C17H24O2. The standard InChI is InChI=1S/C17H24O2/c1-12-9-10-13(2)15(11-12)16(18)17(19-3)14-7-5-4-6-8-14/h9-11,14,17H,4-8H2,1-3H3. The molecule has 0 N–H and O–H groups in total. The number of benzene rings is 1. The van der Waals surface area contributed by atoms with Crippen molar-refractivity contribution in [3.05, 3.63) is 34.9 Å². The molecule has 2 rings (SSSR count). The third-order valence-corrected chi connectivity index (χ3v) is 4.25. The molecule has 104 valence electrons. The van der Waals surface area contributed by atoms with Crippen LogP contribution in [-0.4, -0.2) is 19.0 Å². The molecule has 2 nitrogen and oxygen atoms in total. The smallest absolute Gasteiger partial charge is 0.192 e. The van der Waals surface area contributed by atoms with Crippen LogP contribution in [0.3, 0.4) is 0 Å². The Hall–Kier alpha value is -1.15. The largest absolute Gasteiger partial charge is 0.373 e. The number of Topliss-reactive ketones (excluding diaryl/α,β-unsaturated/α-hetero) is 1. The van der Waals surface area contributed by atoms with E-state index in [1.54, 1.807) is 7.11 Å². The van der Waals surface area contributed by atoms with Crippen LogP contribution >= 0.6 is 0 Å². The predicted molar refractivity (Wildman–Crippen MR) is 77.6 cm³/mol. The highest BCUT2D eigenvalue weighted by Gasteiger charge is 2.30. The Morgan fingerprint density at radius 3 is 2.53 bits per heavy atom. The van der Waals surface area contributed by atoms with Crippen molar-refractivity contribution in [2.45, 2.75) is 52.1 Å². The topological polar surface area (TPSA) is 26.3 Å². The summed E-state index contributed by atoms with van der Waals surface area (Å²) in [4.78, 5) is 12.7. The minimum atomic E-state index is -0.263. The van der Waals surface area contributed by atoms with Gasteiger partial charge in [-0.1, -0.05) is 37.0 Å². The molecule has 0 bridgehead atoms. The van der Waals surface area contributed by atoms with Gasteiger partial charge in [-0.3, -0.25) is 4.79 Å². The summed E-state index contributed by atoms with van der Waals surface area (Å²) in [6.07, 6.45) is 5.73. The first-order valence-corrected chi connectivity index (χ1v) is 7.27. The van der Waals surface area contributed by atoms with Gasteiger partial charge in [0.15, 0.2) is 5.78 Å². The second-order valence-electron chi connectivity index (χ2n) is 5.74. The van der Waals surface area contributed by atoms with Crippen LogP contribution in [0.25, 0.3) is 0 Å². The first-order chi connectivity index (χ1) is 9.13. The minimum absolute atomic E-state index is 0.163. The fourth-order valence-electron chi connectivity index (χ4n) is 3.11. The average molecular weight is 260 g/mol. The zero-order valence-electron chi connectivity index (χ0n) is 12.2. The summed E-state index contributed by atoms with van der Waals surface area (Å²) >= 11 is 0. The summed E-state index contributed by atoms with van der Waals surface area (Å²) in [5, 5.41) is 0. The highest BCUT2D eigenvalue weighted by atomic mass is 16.5. The van der Waals surface area contributed by atoms with E-state index in [2.05, 4.69) is 6.07 Å². The van der Waals surface area contributed by atoms with Crippen molar-refractivity contribution in [3.63, 3.8) is 0 Å². The van der Waals surface area contributed by atoms with E-state index in [0.29, 0.717) is 5.92 Å². The zero-order valence-corrected chi connectivity index (χ0v) is 12.2. The van der Waals surface area contributed by atoms with E-state index in [4.69, 9.17) is 4.74 Å². The van der Waals surface area contributed by atoms with Crippen molar-refractivity contribution in [3.8, 4) is 0 Å². The summed E-state index contributed by atoms with van der Waals surface area (Å²) in [5.74, 6) is 0.557. The molecule has 2 heteroatoms. The number of ketones is 1. The van der Waals surface area contributed by atoms with E-state index in [1.807, 2.05) is 26.0 Å². The molecule has 1 aromatic carbocycles. The van der Waals surface area contributed by atoms with Gasteiger partial charge in [0, 0.05) is 12.7 Å². The van der Waals surface area contributed by atoms with Crippen LogP contribution in [0.15, 0.2) is 18.2 Å². The predicted octanol–water partition coefficient (Wildman–Crippen LogP) is 4.08. The highest BCUT2D eigenvalue weighted by Crippen LogP contribution is 2.30. The fourth-order valence-corrected chi connectivity index (χ4v) is 3.11. The van der Waals surface area contributed by atoms with E-state index in [-0.39, 0.29) is 11.9 Å². The summed E-state index contributed by atoms with van der Waals surface area (Å²) in [5.41, 5.74) is 3.01. The molecule has 1 aromatic rings. The van der Waals surface area contributed by atoms with Gasteiger partial charge < -0.3 is 4.74 Å². The Balaban J connectivity index is 2.22. The molecule has 1 fully saturated rings. The van der Waals surface area contributed by atoms with Gasteiger partial charge in [0.2, 0.25) is 0 Å². The molecule has 0 aromatic heterocycles. The lowest BCUT2D eigenvalue weighted by molar-refractivity contribution is 0.0313. The van der Waals surface area contributed by atoms with Gasteiger partial charge in [0.1, 0.15) is 6.10 Å². The first-order valence-electron chi connectivity index (χ1n) is 7.27.